The Kier molecular flexibility index (Phi) is 9.74. The predicted molar refractivity (Wildman–Crippen MR) is 159 cm³/mol. The van der Waals surface area contributed by atoms with E-state index in [-0.39, 0.29) is 35.6 Å². The summed E-state index contributed by atoms with van der Waals surface area (Å²) in [5.74, 6) is -2.04. The van der Waals surface area contributed by atoms with Gasteiger partial charge in [0.15, 0.2) is 16.9 Å². The molecule has 13 heteroatoms. The number of rotatable bonds is 12. The van der Waals surface area contributed by atoms with E-state index < -0.39 is 36.7 Å². The highest BCUT2D eigenvalue weighted by Gasteiger charge is 2.31. The molecule has 0 aliphatic carbocycles. The predicted octanol–water partition coefficient (Wildman–Crippen LogP) is 4.34. The van der Waals surface area contributed by atoms with Gasteiger partial charge in [0.2, 0.25) is 5.95 Å². The molecule has 0 saturated carbocycles. The van der Waals surface area contributed by atoms with Gasteiger partial charge in [0.05, 0.1) is 23.0 Å². The molecule has 0 fully saturated rings. The van der Waals surface area contributed by atoms with Gasteiger partial charge in [-0.05, 0) is 36.4 Å². The van der Waals surface area contributed by atoms with Crippen LogP contribution in [0.25, 0.3) is 11.2 Å². The Hall–Kier alpha value is -5.33. The van der Waals surface area contributed by atoms with E-state index in [0.717, 1.165) is 0 Å². The summed E-state index contributed by atoms with van der Waals surface area (Å²) < 4.78 is 24.5. The standard InChI is InChI=1S/C31H26ClN5O7/c32-26-25-27(36-31(33)35-26)37(18-34-25)19-43-23(16-41-28(38)20-10-4-1-5-11-20)24(44-30(40)22-14-8-3-9-15-22)17-42-29(39)21-12-6-2-7-13-21/h1-15,18,23-24H,16-17,19H2,(H2,33,35,36)/t23-,24-/m1/s1. The molecular weight excluding hydrogens is 590 g/mol. The van der Waals surface area contributed by atoms with Crippen LogP contribution in [0.5, 0.6) is 0 Å². The lowest BCUT2D eigenvalue weighted by atomic mass is 10.2. The number of esters is 3. The fourth-order valence-corrected chi connectivity index (χ4v) is 4.31. The van der Waals surface area contributed by atoms with Crippen molar-refractivity contribution >= 4 is 46.6 Å². The van der Waals surface area contributed by atoms with Crippen molar-refractivity contribution in [2.75, 3.05) is 18.9 Å². The maximum atomic E-state index is 13.1. The molecule has 5 aromatic rings. The largest absolute Gasteiger partial charge is 0.459 e. The molecule has 44 heavy (non-hydrogen) atoms. The number of carbonyl (C=O) groups is 3. The first-order chi connectivity index (χ1) is 21.4. The topological polar surface area (TPSA) is 158 Å². The van der Waals surface area contributed by atoms with Crippen LogP contribution in [0, 0.1) is 0 Å². The second-order valence-electron chi connectivity index (χ2n) is 9.33. The third-order valence-electron chi connectivity index (χ3n) is 6.33. The van der Waals surface area contributed by atoms with Crippen LogP contribution in [-0.2, 0) is 25.7 Å². The summed E-state index contributed by atoms with van der Waals surface area (Å²) in [6.45, 7) is -0.984. The number of halogens is 1. The molecule has 5 rings (SSSR count). The number of imidazole rings is 1. The van der Waals surface area contributed by atoms with E-state index in [1.165, 1.54) is 10.9 Å². The summed E-state index contributed by atoms with van der Waals surface area (Å²) in [6.07, 6.45) is -0.916. The first kappa shape index (κ1) is 30.1. The minimum absolute atomic E-state index is 0.0575. The van der Waals surface area contributed by atoms with E-state index in [1.54, 1.807) is 91.0 Å². The van der Waals surface area contributed by atoms with Crippen LogP contribution in [-0.4, -0.2) is 62.8 Å². The van der Waals surface area contributed by atoms with Crippen molar-refractivity contribution in [2.24, 2.45) is 0 Å². The van der Waals surface area contributed by atoms with Crippen molar-refractivity contribution < 1.29 is 33.3 Å². The summed E-state index contributed by atoms with van der Waals surface area (Å²) in [5.41, 5.74) is 7.21. The van der Waals surface area contributed by atoms with Crippen molar-refractivity contribution in [3.05, 3.63) is 119 Å². The fraction of sp³-hybridized carbons (Fsp3) is 0.161. The minimum atomic E-state index is -1.21. The van der Waals surface area contributed by atoms with Crippen LogP contribution in [0.15, 0.2) is 97.3 Å². The van der Waals surface area contributed by atoms with Crippen LogP contribution >= 0.6 is 11.6 Å². The summed E-state index contributed by atoms with van der Waals surface area (Å²) in [6, 6.07) is 24.9. The van der Waals surface area contributed by atoms with E-state index in [1.807, 2.05) is 0 Å². The molecule has 0 aliphatic rings. The number of hydrogen-bond acceptors (Lipinski definition) is 11. The van der Waals surface area contributed by atoms with E-state index in [0.29, 0.717) is 16.6 Å². The lowest BCUT2D eigenvalue weighted by molar-refractivity contribution is -0.110. The number of anilines is 1. The van der Waals surface area contributed by atoms with Gasteiger partial charge < -0.3 is 24.7 Å². The highest BCUT2D eigenvalue weighted by atomic mass is 35.5. The normalized spacial score (nSPS) is 12.3. The molecule has 0 aliphatic heterocycles. The van der Waals surface area contributed by atoms with Crippen molar-refractivity contribution in [2.45, 2.75) is 18.9 Å². The van der Waals surface area contributed by atoms with Crippen LogP contribution in [0.1, 0.15) is 31.1 Å². The quantitative estimate of drug-likeness (QED) is 0.121. The van der Waals surface area contributed by atoms with Gasteiger partial charge in [-0.2, -0.15) is 9.97 Å². The molecule has 0 saturated heterocycles. The fourth-order valence-electron chi connectivity index (χ4n) is 4.09. The van der Waals surface area contributed by atoms with Gasteiger partial charge in [-0.3, -0.25) is 4.57 Å². The van der Waals surface area contributed by atoms with E-state index in [2.05, 4.69) is 15.0 Å². The summed E-state index contributed by atoms with van der Waals surface area (Å²) in [4.78, 5) is 51.0. The number of benzene rings is 3. The molecular formula is C31H26ClN5O7. The molecule has 224 valence electrons. The SMILES string of the molecule is Nc1nc(Cl)c2ncn(CO[C@H](COC(=O)c3ccccc3)[C@@H](COC(=O)c3ccccc3)OC(=O)c3ccccc3)c2n1. The molecule has 2 heterocycles. The van der Waals surface area contributed by atoms with Gasteiger partial charge in [0.1, 0.15) is 31.6 Å². The average Bonchev–Trinajstić information content (AvgIpc) is 3.47. The first-order valence-corrected chi connectivity index (χ1v) is 13.7. The number of aromatic nitrogens is 4. The smallest absolute Gasteiger partial charge is 0.338 e. The number of nitrogens with zero attached hydrogens (tertiary/aromatic N) is 4. The van der Waals surface area contributed by atoms with E-state index in [4.69, 9.17) is 36.3 Å². The summed E-state index contributed by atoms with van der Waals surface area (Å²) in [7, 11) is 0. The number of hydrogen-bond donors (Lipinski definition) is 1. The van der Waals surface area contributed by atoms with Crippen molar-refractivity contribution in [1.82, 2.24) is 19.5 Å². The molecule has 0 bridgehead atoms. The first-order valence-electron chi connectivity index (χ1n) is 13.3. The third-order valence-corrected chi connectivity index (χ3v) is 6.59. The van der Waals surface area contributed by atoms with Gasteiger partial charge in [0, 0.05) is 0 Å². The van der Waals surface area contributed by atoms with Gasteiger partial charge in [-0.15, -0.1) is 0 Å². The van der Waals surface area contributed by atoms with Gasteiger partial charge in [-0.1, -0.05) is 66.2 Å². The van der Waals surface area contributed by atoms with Gasteiger partial charge in [-0.25, -0.2) is 19.4 Å². The lowest BCUT2D eigenvalue weighted by Gasteiger charge is -2.27. The number of carbonyl (C=O) groups excluding carboxylic acids is 3. The molecule has 0 unspecified atom stereocenters. The second-order valence-corrected chi connectivity index (χ2v) is 9.69. The molecule has 2 N–H and O–H groups in total. The van der Waals surface area contributed by atoms with Crippen LogP contribution in [0.4, 0.5) is 5.95 Å². The zero-order chi connectivity index (χ0) is 30.9. The Bertz CT molecular complexity index is 1740. The summed E-state index contributed by atoms with van der Waals surface area (Å²) in [5, 5.41) is 0.0575. The maximum Gasteiger partial charge on any atom is 0.338 e. The zero-order valence-corrected chi connectivity index (χ0v) is 23.9. The van der Waals surface area contributed by atoms with Crippen LogP contribution in [0.2, 0.25) is 5.15 Å². The Morgan fingerprint density at radius 2 is 1.23 bits per heavy atom. The van der Waals surface area contributed by atoms with Gasteiger partial charge in [0.25, 0.3) is 0 Å². The monoisotopic (exact) mass is 615 g/mol. The third kappa shape index (κ3) is 7.54. The Balaban J connectivity index is 1.41. The van der Waals surface area contributed by atoms with E-state index >= 15 is 0 Å². The maximum absolute atomic E-state index is 13.1. The van der Waals surface area contributed by atoms with Gasteiger partial charge >= 0.3 is 17.9 Å². The molecule has 3 aromatic carbocycles. The Labute approximate surface area is 256 Å². The molecule has 0 amide bonds. The number of nitrogens with two attached hydrogens (primary N) is 1. The van der Waals surface area contributed by atoms with E-state index in [9.17, 15) is 14.4 Å². The highest BCUT2D eigenvalue weighted by Crippen LogP contribution is 2.21. The van der Waals surface area contributed by atoms with Crippen molar-refractivity contribution in [3.63, 3.8) is 0 Å². The number of ether oxygens (including phenoxy) is 4. The minimum Gasteiger partial charge on any atom is -0.459 e. The molecule has 12 nitrogen and oxygen atoms in total. The number of nitrogen functional groups attached to an aromatic ring is 1. The van der Waals surface area contributed by atoms with Crippen molar-refractivity contribution in [1.29, 1.82) is 0 Å². The number of fused-ring (bicyclic) bond motifs is 1. The Morgan fingerprint density at radius 1 is 0.727 bits per heavy atom. The molecule has 2 aromatic heterocycles. The lowest BCUT2D eigenvalue weighted by Crippen LogP contribution is -2.41. The second kappa shape index (κ2) is 14.2. The highest BCUT2D eigenvalue weighted by molar-refractivity contribution is 6.33. The molecule has 0 spiro atoms. The van der Waals surface area contributed by atoms with Crippen LogP contribution in [0.3, 0.4) is 0 Å². The zero-order valence-electron chi connectivity index (χ0n) is 23.1. The summed E-state index contributed by atoms with van der Waals surface area (Å²) >= 11 is 6.16. The molecule has 0 radical (unpaired) electrons. The molecule has 2 atom stereocenters. The van der Waals surface area contributed by atoms with Crippen LogP contribution < -0.4 is 5.73 Å². The average molecular weight is 616 g/mol. The van der Waals surface area contributed by atoms with Crippen molar-refractivity contribution in [3.8, 4) is 0 Å². The Morgan fingerprint density at radius 3 is 1.77 bits per heavy atom.